The Labute approximate surface area is 178 Å². The van der Waals surface area contributed by atoms with Crippen molar-refractivity contribution >= 4 is 0 Å². The molecule has 3 aromatic rings. The fourth-order valence-electron chi connectivity index (χ4n) is 4.95. The van der Waals surface area contributed by atoms with Crippen molar-refractivity contribution < 1.29 is 0 Å². The van der Waals surface area contributed by atoms with Crippen LogP contribution in [0.25, 0.3) is 22.5 Å². The summed E-state index contributed by atoms with van der Waals surface area (Å²) < 4.78 is 0. The van der Waals surface area contributed by atoms with E-state index in [-0.39, 0.29) is 0 Å². The largest absolute Gasteiger partial charge is 0.262 e. The molecule has 1 fully saturated rings. The van der Waals surface area contributed by atoms with Crippen molar-refractivity contribution in [2.45, 2.75) is 84.5 Å². The third kappa shape index (κ3) is 4.00. The van der Waals surface area contributed by atoms with E-state index < -0.39 is 0 Å². The van der Waals surface area contributed by atoms with E-state index in [1.54, 1.807) is 0 Å². The predicted molar refractivity (Wildman–Crippen MR) is 119 cm³/mol. The fraction of sp³-hybridized carbons (Fsp3) is 0.542. The van der Waals surface area contributed by atoms with Gasteiger partial charge in [0.15, 0.2) is 0 Å². The summed E-state index contributed by atoms with van der Waals surface area (Å²) in [5.74, 6) is 1.16. The molecule has 0 aromatic carbocycles. The molecule has 0 unspecified atom stereocenters. The zero-order valence-electron chi connectivity index (χ0n) is 18.4. The van der Waals surface area contributed by atoms with Gasteiger partial charge < -0.3 is 0 Å². The first-order valence-electron chi connectivity index (χ1n) is 11.5. The van der Waals surface area contributed by atoms with Crippen LogP contribution in [-0.2, 0) is 12.8 Å². The van der Waals surface area contributed by atoms with Crippen molar-refractivity contribution in [1.29, 1.82) is 0 Å². The van der Waals surface area contributed by atoms with Crippen LogP contribution < -0.4 is 0 Å². The molecule has 6 nitrogen and oxygen atoms in total. The van der Waals surface area contributed by atoms with Crippen LogP contribution in [0.3, 0.4) is 0 Å². The van der Waals surface area contributed by atoms with Crippen LogP contribution in [0, 0.1) is 6.92 Å². The molecule has 1 N–H and O–H groups in total. The normalized spacial score (nSPS) is 16.5. The van der Waals surface area contributed by atoms with Gasteiger partial charge in [0.1, 0.15) is 0 Å². The summed E-state index contributed by atoms with van der Waals surface area (Å²) in [4.78, 5) is 9.71. The molecule has 1 saturated carbocycles. The second-order valence-corrected chi connectivity index (χ2v) is 8.14. The maximum Gasteiger partial charge on any atom is 0.207 e. The van der Waals surface area contributed by atoms with E-state index in [1.165, 1.54) is 73.0 Å². The van der Waals surface area contributed by atoms with E-state index in [0.29, 0.717) is 11.7 Å². The summed E-state index contributed by atoms with van der Waals surface area (Å²) in [6.07, 6.45) is 12.7. The number of rotatable bonds is 3. The zero-order valence-corrected chi connectivity index (χ0v) is 18.4. The molecule has 3 aromatic heterocycles. The Hall–Kier alpha value is -2.63. The van der Waals surface area contributed by atoms with Gasteiger partial charge in [-0.25, -0.2) is 0 Å². The van der Waals surface area contributed by atoms with E-state index >= 15 is 0 Å². The number of pyridine rings is 2. The summed E-state index contributed by atoms with van der Waals surface area (Å²) in [5, 5.41) is 15.3. The summed E-state index contributed by atoms with van der Waals surface area (Å²) in [7, 11) is 0. The van der Waals surface area contributed by atoms with Gasteiger partial charge in [-0.05, 0) is 79.5 Å². The van der Waals surface area contributed by atoms with E-state index in [4.69, 9.17) is 4.98 Å². The molecule has 0 radical (unpaired) electrons. The number of hydrogen-bond acceptors (Lipinski definition) is 5. The molecule has 0 bridgehead atoms. The summed E-state index contributed by atoms with van der Waals surface area (Å²) in [6.45, 7) is 6.05. The molecular weight excluding hydrogens is 372 g/mol. The minimum absolute atomic E-state index is 0.490. The lowest BCUT2D eigenvalue weighted by molar-refractivity contribution is 0.684. The number of fused-ring (bicyclic) bond motifs is 1. The molecule has 0 amide bonds. The highest BCUT2D eigenvalue weighted by Crippen LogP contribution is 2.44. The van der Waals surface area contributed by atoms with Gasteiger partial charge in [0.2, 0.25) is 5.82 Å². The van der Waals surface area contributed by atoms with Crippen molar-refractivity contribution in [3.05, 3.63) is 41.0 Å². The Morgan fingerprint density at radius 3 is 2.50 bits per heavy atom. The van der Waals surface area contributed by atoms with Crippen LogP contribution in [-0.4, -0.2) is 30.6 Å². The highest BCUT2D eigenvalue weighted by atomic mass is 15.5. The van der Waals surface area contributed by atoms with Crippen molar-refractivity contribution in [2.24, 2.45) is 0 Å². The number of aryl methyl sites for hydroxylation is 2. The topological polar surface area (TPSA) is 80.2 Å². The minimum atomic E-state index is 0.490. The Balaban J connectivity index is 0.00000106. The number of nitrogens with zero attached hydrogens (tertiary/aromatic N) is 5. The Morgan fingerprint density at radius 2 is 1.77 bits per heavy atom. The Morgan fingerprint density at radius 1 is 0.967 bits per heavy atom. The molecule has 158 valence electrons. The molecule has 2 aliphatic rings. The third-order valence-electron chi connectivity index (χ3n) is 6.25. The fourth-order valence-corrected chi connectivity index (χ4v) is 4.95. The average Bonchev–Trinajstić information content (AvgIpc) is 3.45. The molecule has 0 spiro atoms. The van der Waals surface area contributed by atoms with Gasteiger partial charge in [-0.1, -0.05) is 33.1 Å². The molecule has 0 aliphatic heterocycles. The van der Waals surface area contributed by atoms with E-state index in [0.717, 1.165) is 24.1 Å². The van der Waals surface area contributed by atoms with Gasteiger partial charge >= 0.3 is 0 Å². The summed E-state index contributed by atoms with van der Waals surface area (Å²) >= 11 is 0. The summed E-state index contributed by atoms with van der Waals surface area (Å²) in [6, 6.07) is 4.30. The van der Waals surface area contributed by atoms with E-state index in [9.17, 15) is 0 Å². The highest BCUT2D eigenvalue weighted by Gasteiger charge is 2.30. The minimum Gasteiger partial charge on any atom is -0.262 e. The molecule has 5 rings (SSSR count). The molecule has 30 heavy (non-hydrogen) atoms. The van der Waals surface area contributed by atoms with Crippen LogP contribution in [0.4, 0.5) is 0 Å². The lowest BCUT2D eigenvalue weighted by atomic mass is 9.86. The number of nitrogens with one attached hydrogen (secondary N) is 1. The van der Waals surface area contributed by atoms with E-state index in [1.807, 2.05) is 20.0 Å². The predicted octanol–water partition coefficient (Wildman–Crippen LogP) is 5.58. The lowest BCUT2D eigenvalue weighted by Gasteiger charge is -2.22. The van der Waals surface area contributed by atoms with Crippen LogP contribution in [0.5, 0.6) is 0 Å². The van der Waals surface area contributed by atoms with Crippen LogP contribution in [0.1, 0.15) is 87.4 Å². The molecule has 0 atom stereocenters. The quantitative estimate of drug-likeness (QED) is 0.576. The van der Waals surface area contributed by atoms with Crippen LogP contribution >= 0.6 is 0 Å². The van der Waals surface area contributed by atoms with Gasteiger partial charge in [0, 0.05) is 23.5 Å². The van der Waals surface area contributed by atoms with Gasteiger partial charge in [-0.3, -0.25) is 9.97 Å². The molecular formula is C24H32N6. The highest BCUT2D eigenvalue weighted by molar-refractivity contribution is 5.85. The standard InChI is InChI=1S/C22H26N6.C2H6/c1-14-13-16(11-12-23-14)19-17-9-3-2-4-10-18(17)24-21(15-7-5-6-8-15)20(19)22-25-27-28-26-22;1-2/h11-13,15H,2-10H2,1H3,(H,25,26,27,28);1-2H3. The number of H-pyrrole nitrogens is 1. The van der Waals surface area contributed by atoms with E-state index in [2.05, 4.69) is 44.7 Å². The average molecular weight is 405 g/mol. The molecule has 0 saturated heterocycles. The maximum atomic E-state index is 5.28. The number of tetrazole rings is 1. The van der Waals surface area contributed by atoms with Crippen molar-refractivity contribution in [3.8, 4) is 22.5 Å². The maximum absolute atomic E-state index is 5.28. The lowest BCUT2D eigenvalue weighted by Crippen LogP contribution is -2.10. The number of aromatic amines is 1. The Kier molecular flexibility index (Phi) is 6.50. The molecule has 2 aliphatic carbocycles. The first kappa shape index (κ1) is 20.6. The van der Waals surface area contributed by atoms with Gasteiger partial charge in [0.25, 0.3) is 0 Å². The van der Waals surface area contributed by atoms with Gasteiger partial charge in [-0.15, -0.1) is 10.2 Å². The SMILES string of the molecule is CC.Cc1cc(-c2c3c(nc(C4CCCC4)c2-c2nn[nH]n2)CCCCC3)ccn1. The number of aromatic nitrogens is 6. The zero-order chi connectivity index (χ0) is 20.9. The first-order valence-corrected chi connectivity index (χ1v) is 11.5. The molecule has 3 heterocycles. The van der Waals surface area contributed by atoms with Crippen molar-refractivity contribution in [2.75, 3.05) is 0 Å². The third-order valence-corrected chi connectivity index (χ3v) is 6.25. The van der Waals surface area contributed by atoms with Gasteiger partial charge in [0.05, 0.1) is 11.3 Å². The van der Waals surface area contributed by atoms with Crippen molar-refractivity contribution in [1.82, 2.24) is 30.6 Å². The smallest absolute Gasteiger partial charge is 0.207 e. The molecule has 6 heteroatoms. The Bertz CT molecular complexity index is 974. The second-order valence-electron chi connectivity index (χ2n) is 8.14. The monoisotopic (exact) mass is 404 g/mol. The van der Waals surface area contributed by atoms with Crippen molar-refractivity contribution in [3.63, 3.8) is 0 Å². The van der Waals surface area contributed by atoms with Crippen LogP contribution in [0.15, 0.2) is 18.3 Å². The summed E-state index contributed by atoms with van der Waals surface area (Å²) in [5.41, 5.74) is 8.43. The van der Waals surface area contributed by atoms with Crippen LogP contribution in [0.2, 0.25) is 0 Å². The number of hydrogen-bond donors (Lipinski definition) is 1. The second kappa shape index (κ2) is 9.45. The first-order chi connectivity index (χ1) is 14.8. The van der Waals surface area contributed by atoms with Gasteiger partial charge in [-0.2, -0.15) is 5.21 Å².